The van der Waals surface area contributed by atoms with Gasteiger partial charge in [0, 0.05) is 25.2 Å². The summed E-state index contributed by atoms with van der Waals surface area (Å²) in [5.74, 6) is 0.187. The van der Waals surface area contributed by atoms with Crippen molar-refractivity contribution in [1.82, 2.24) is 15.6 Å². The first-order chi connectivity index (χ1) is 19.9. The number of amides is 2. The SMILES string of the molecule is CCC(NC(=O)CNC(=O)CCCCNc1cc(F)ccn1)c1ccc(-c2ccc(C(C)C)c3ccccc23)cc1. The fraction of sp³-hybridized carbons (Fsp3) is 0.324. The number of nitrogens with one attached hydrogen (secondary N) is 3. The van der Waals surface area contributed by atoms with Gasteiger partial charge >= 0.3 is 0 Å². The number of benzene rings is 3. The van der Waals surface area contributed by atoms with Crippen molar-refractivity contribution in [2.45, 2.75) is 58.4 Å². The van der Waals surface area contributed by atoms with Gasteiger partial charge < -0.3 is 16.0 Å². The van der Waals surface area contributed by atoms with Gasteiger partial charge in [-0.25, -0.2) is 9.37 Å². The molecule has 214 valence electrons. The first kappa shape index (κ1) is 29.7. The van der Waals surface area contributed by atoms with Gasteiger partial charge in [-0.15, -0.1) is 0 Å². The van der Waals surface area contributed by atoms with E-state index in [1.165, 1.54) is 40.2 Å². The van der Waals surface area contributed by atoms with Crippen molar-refractivity contribution in [3.8, 4) is 11.1 Å². The Kier molecular flexibility index (Phi) is 10.4. The molecule has 6 nitrogen and oxygen atoms in total. The molecule has 3 aromatic carbocycles. The molecule has 1 atom stereocenters. The Bertz CT molecular complexity index is 1470. The summed E-state index contributed by atoms with van der Waals surface area (Å²) in [6, 6.07) is 23.8. The van der Waals surface area contributed by atoms with Gasteiger partial charge in [0.25, 0.3) is 0 Å². The molecule has 0 aliphatic carbocycles. The lowest BCUT2D eigenvalue weighted by Gasteiger charge is -2.19. The Labute approximate surface area is 241 Å². The fourth-order valence-corrected chi connectivity index (χ4v) is 5.03. The van der Waals surface area contributed by atoms with Gasteiger partial charge in [-0.3, -0.25) is 9.59 Å². The topological polar surface area (TPSA) is 83.1 Å². The van der Waals surface area contributed by atoms with Crippen molar-refractivity contribution in [3.05, 3.63) is 95.9 Å². The number of halogens is 1. The second-order valence-electron chi connectivity index (χ2n) is 10.6. The zero-order valence-corrected chi connectivity index (χ0v) is 24.0. The number of aromatic nitrogens is 1. The maximum absolute atomic E-state index is 13.2. The molecule has 4 aromatic rings. The summed E-state index contributed by atoms with van der Waals surface area (Å²) in [6.45, 7) is 6.99. The normalized spacial score (nSPS) is 11.8. The molecule has 1 aromatic heterocycles. The Balaban J connectivity index is 1.26. The molecule has 3 N–H and O–H groups in total. The molecule has 0 radical (unpaired) electrons. The van der Waals surface area contributed by atoms with E-state index in [2.05, 4.69) is 95.4 Å². The van der Waals surface area contributed by atoms with Gasteiger partial charge in [-0.2, -0.15) is 0 Å². The zero-order chi connectivity index (χ0) is 29.2. The van der Waals surface area contributed by atoms with Crippen LogP contribution >= 0.6 is 0 Å². The predicted molar refractivity (Wildman–Crippen MR) is 164 cm³/mol. The highest BCUT2D eigenvalue weighted by Gasteiger charge is 2.15. The summed E-state index contributed by atoms with van der Waals surface area (Å²) < 4.78 is 13.2. The van der Waals surface area contributed by atoms with E-state index in [0.717, 1.165) is 24.0 Å². The van der Waals surface area contributed by atoms with Crippen LogP contribution in [0.2, 0.25) is 0 Å². The van der Waals surface area contributed by atoms with E-state index in [-0.39, 0.29) is 30.2 Å². The van der Waals surface area contributed by atoms with Gasteiger partial charge in [0.2, 0.25) is 11.8 Å². The van der Waals surface area contributed by atoms with E-state index < -0.39 is 0 Å². The lowest BCUT2D eigenvalue weighted by molar-refractivity contribution is -0.126. The molecule has 0 saturated carbocycles. The van der Waals surface area contributed by atoms with Gasteiger partial charge in [0.15, 0.2) is 0 Å². The van der Waals surface area contributed by atoms with Crippen LogP contribution < -0.4 is 16.0 Å². The summed E-state index contributed by atoms with van der Waals surface area (Å²) >= 11 is 0. The molecule has 0 saturated heterocycles. The Morgan fingerprint density at radius 1 is 0.902 bits per heavy atom. The van der Waals surface area contributed by atoms with Gasteiger partial charge in [-0.1, -0.05) is 81.4 Å². The minimum atomic E-state index is -0.344. The maximum atomic E-state index is 13.2. The monoisotopic (exact) mass is 554 g/mol. The second-order valence-corrected chi connectivity index (χ2v) is 10.6. The van der Waals surface area contributed by atoms with Gasteiger partial charge in [0.1, 0.15) is 11.6 Å². The van der Waals surface area contributed by atoms with Crippen molar-refractivity contribution in [2.24, 2.45) is 0 Å². The molecule has 4 rings (SSSR count). The number of hydrogen-bond acceptors (Lipinski definition) is 4. The first-order valence-corrected chi connectivity index (χ1v) is 14.4. The Morgan fingerprint density at radius 2 is 1.66 bits per heavy atom. The van der Waals surface area contributed by atoms with Crippen LogP contribution in [0.3, 0.4) is 0 Å². The van der Waals surface area contributed by atoms with E-state index in [1.54, 1.807) is 0 Å². The minimum absolute atomic E-state index is 0.0624. The zero-order valence-electron chi connectivity index (χ0n) is 24.0. The molecule has 41 heavy (non-hydrogen) atoms. The molecule has 0 aliphatic rings. The highest BCUT2D eigenvalue weighted by molar-refractivity contribution is 5.98. The van der Waals surface area contributed by atoms with Crippen molar-refractivity contribution >= 4 is 28.4 Å². The summed E-state index contributed by atoms with van der Waals surface area (Å²) in [7, 11) is 0. The van der Waals surface area contributed by atoms with Crippen LogP contribution in [-0.4, -0.2) is 29.9 Å². The highest BCUT2D eigenvalue weighted by atomic mass is 19.1. The molecule has 0 fully saturated rings. The summed E-state index contributed by atoms with van der Waals surface area (Å²) in [4.78, 5) is 28.8. The van der Waals surface area contributed by atoms with Crippen molar-refractivity contribution in [1.29, 1.82) is 0 Å². The van der Waals surface area contributed by atoms with Crippen LogP contribution in [0.25, 0.3) is 21.9 Å². The molecule has 0 aliphatic heterocycles. The summed E-state index contributed by atoms with van der Waals surface area (Å²) in [5, 5.41) is 11.3. The molecule has 0 bridgehead atoms. The minimum Gasteiger partial charge on any atom is -0.370 e. The third kappa shape index (κ3) is 8.13. The predicted octanol–water partition coefficient (Wildman–Crippen LogP) is 7.13. The van der Waals surface area contributed by atoms with Crippen LogP contribution in [0.15, 0.2) is 79.0 Å². The van der Waals surface area contributed by atoms with Gasteiger partial charge in [0.05, 0.1) is 12.6 Å². The number of pyridine rings is 1. The summed E-state index contributed by atoms with van der Waals surface area (Å²) in [6.07, 6.45) is 3.83. The van der Waals surface area contributed by atoms with Crippen LogP contribution in [0, 0.1) is 5.82 Å². The standard InChI is InChI=1S/C34H39FN4O2/c1-4-31(39-34(41)22-38-33(40)11-7-8-19-36-32-21-26(35)18-20-37-32)25-14-12-24(13-15-25)28-17-16-27(23(2)3)29-9-5-6-10-30(28)29/h5-6,9-10,12-18,20-21,23,31H,4,7-8,11,19,22H2,1-3H3,(H,36,37)(H,38,40)(H,39,41). The van der Waals surface area contributed by atoms with Crippen LogP contribution in [-0.2, 0) is 9.59 Å². The van der Waals surface area contributed by atoms with Crippen LogP contribution in [0.5, 0.6) is 0 Å². The Morgan fingerprint density at radius 3 is 2.37 bits per heavy atom. The van der Waals surface area contributed by atoms with Crippen LogP contribution in [0.1, 0.15) is 69.5 Å². The Hall–Kier alpha value is -4.26. The third-order valence-corrected chi connectivity index (χ3v) is 7.25. The lowest BCUT2D eigenvalue weighted by atomic mass is 9.90. The number of nitrogens with zero attached hydrogens (tertiary/aromatic N) is 1. The largest absolute Gasteiger partial charge is 0.370 e. The van der Waals surface area contributed by atoms with E-state index in [0.29, 0.717) is 31.1 Å². The van der Waals surface area contributed by atoms with Crippen LogP contribution in [0.4, 0.5) is 10.2 Å². The van der Waals surface area contributed by atoms with Crippen molar-refractivity contribution in [2.75, 3.05) is 18.4 Å². The number of unbranched alkanes of at least 4 members (excludes halogenated alkanes) is 1. The molecule has 1 heterocycles. The third-order valence-electron chi connectivity index (χ3n) is 7.25. The number of anilines is 1. The number of carbonyl (C=O) groups is 2. The maximum Gasteiger partial charge on any atom is 0.239 e. The molecular weight excluding hydrogens is 515 g/mol. The average Bonchev–Trinajstić information content (AvgIpc) is 2.98. The number of carbonyl (C=O) groups excluding carboxylic acids is 2. The fourth-order valence-electron chi connectivity index (χ4n) is 5.03. The number of hydrogen-bond donors (Lipinski definition) is 3. The molecular formula is C34H39FN4O2. The van der Waals surface area contributed by atoms with E-state index in [4.69, 9.17) is 0 Å². The number of rotatable bonds is 13. The van der Waals surface area contributed by atoms with E-state index in [9.17, 15) is 14.0 Å². The first-order valence-electron chi connectivity index (χ1n) is 14.4. The molecule has 2 amide bonds. The lowest BCUT2D eigenvalue weighted by Crippen LogP contribution is -2.38. The van der Waals surface area contributed by atoms with Crippen molar-refractivity contribution in [3.63, 3.8) is 0 Å². The number of fused-ring (bicyclic) bond motifs is 1. The quantitative estimate of drug-likeness (QED) is 0.154. The highest BCUT2D eigenvalue weighted by Crippen LogP contribution is 2.34. The molecule has 7 heteroatoms. The molecule has 0 spiro atoms. The smallest absolute Gasteiger partial charge is 0.239 e. The summed E-state index contributed by atoms with van der Waals surface area (Å²) in [5.41, 5.74) is 4.70. The van der Waals surface area contributed by atoms with E-state index in [1.807, 2.05) is 6.92 Å². The van der Waals surface area contributed by atoms with Gasteiger partial charge in [-0.05, 0) is 64.3 Å². The average molecular weight is 555 g/mol. The van der Waals surface area contributed by atoms with E-state index >= 15 is 0 Å². The second kappa shape index (κ2) is 14.4. The molecule has 1 unspecified atom stereocenters. The van der Waals surface area contributed by atoms with Crippen molar-refractivity contribution < 1.29 is 14.0 Å².